The number of carbonyl (C=O) groups is 1. The minimum absolute atomic E-state index is 0.0853. The van der Waals surface area contributed by atoms with Crippen LogP contribution in [0.1, 0.15) is 10.4 Å². The minimum atomic E-state index is -4.51. The molecular weight excluding hydrogens is 447 g/mol. The van der Waals surface area contributed by atoms with E-state index in [4.69, 9.17) is 11.6 Å². The Labute approximate surface area is 174 Å². The van der Waals surface area contributed by atoms with Gasteiger partial charge >= 0.3 is 6.18 Å². The number of fused-ring (bicyclic) bond motifs is 1. The number of benzene rings is 1. The molecule has 1 aromatic carbocycles. The van der Waals surface area contributed by atoms with Crippen LogP contribution < -0.4 is 9.46 Å². The minimum Gasteiger partial charge on any atom is -0.467 e. The van der Waals surface area contributed by atoms with Crippen LogP contribution in [0.4, 0.5) is 13.2 Å². The van der Waals surface area contributed by atoms with Crippen molar-refractivity contribution >= 4 is 38.4 Å². The number of hydrogen-bond donors (Lipinski definition) is 1. The number of halogens is 4. The molecule has 0 unspecified atom stereocenters. The predicted molar refractivity (Wildman–Crippen MR) is 105 cm³/mol. The molecule has 1 amide bonds. The zero-order valence-electron chi connectivity index (χ0n) is 15.6. The molecule has 160 valence electrons. The third-order valence-electron chi connectivity index (χ3n) is 4.02. The fraction of sp³-hybridized carbons (Fsp3) is 0.222. The first kappa shape index (κ1) is 21.9. The second kappa shape index (κ2) is 7.80. The summed E-state index contributed by atoms with van der Waals surface area (Å²) in [5, 5.41) is 0.619. The van der Waals surface area contributed by atoms with Gasteiger partial charge in [-0.3, -0.25) is 4.79 Å². The summed E-state index contributed by atoms with van der Waals surface area (Å²) in [4.78, 5) is 16.0. The molecule has 2 heterocycles. The lowest BCUT2D eigenvalue weighted by Gasteiger charge is -2.10. The molecule has 0 saturated carbocycles. The summed E-state index contributed by atoms with van der Waals surface area (Å²) in [5.74, 6) is -1.10. The number of sulfonamides is 1. The molecule has 0 aliphatic heterocycles. The van der Waals surface area contributed by atoms with Crippen molar-refractivity contribution in [2.24, 2.45) is 7.05 Å². The zero-order chi connectivity index (χ0) is 22.3. The summed E-state index contributed by atoms with van der Waals surface area (Å²) in [6, 6.07) is 6.04. The molecule has 0 bridgehead atoms. The van der Waals surface area contributed by atoms with E-state index < -0.39 is 28.7 Å². The Balaban J connectivity index is 1.95. The van der Waals surface area contributed by atoms with Gasteiger partial charge in [0.2, 0.25) is 15.9 Å². The largest absolute Gasteiger partial charge is 0.467 e. The Kier molecular flexibility index (Phi) is 5.70. The maximum Gasteiger partial charge on any atom is 0.422 e. The molecule has 2 aromatic heterocycles. The fourth-order valence-electron chi connectivity index (χ4n) is 2.81. The molecule has 1 N–H and O–H groups in total. The zero-order valence-corrected chi connectivity index (χ0v) is 17.2. The first-order valence-corrected chi connectivity index (χ1v) is 10.6. The standard InChI is InChI=1S/C18H15ClF3N3O4S/c1-25-8-13(11-5-14(19)17(23-7-11)29-9-18(20,21)22)12-4-3-10(6-15(12)25)16(26)24-30(2,27)28/h3-8H,9H2,1-2H3,(H,24,26). The van der Waals surface area contributed by atoms with Gasteiger partial charge in [-0.25, -0.2) is 18.1 Å². The predicted octanol–water partition coefficient (Wildman–Crippen LogP) is 3.52. The van der Waals surface area contributed by atoms with E-state index in [0.29, 0.717) is 22.0 Å². The summed E-state index contributed by atoms with van der Waals surface area (Å²) in [5.41, 5.74) is 1.96. The fourth-order valence-corrected chi connectivity index (χ4v) is 3.49. The summed E-state index contributed by atoms with van der Waals surface area (Å²) in [6.07, 6.45) is -0.577. The molecule has 0 aliphatic rings. The van der Waals surface area contributed by atoms with E-state index in [1.54, 1.807) is 23.9 Å². The highest BCUT2D eigenvalue weighted by molar-refractivity contribution is 7.89. The Hall–Kier alpha value is -2.79. The molecule has 7 nitrogen and oxygen atoms in total. The van der Waals surface area contributed by atoms with Crippen LogP contribution >= 0.6 is 11.6 Å². The molecular formula is C18H15ClF3N3O4S. The van der Waals surface area contributed by atoms with Crippen molar-refractivity contribution in [1.82, 2.24) is 14.3 Å². The Morgan fingerprint density at radius 2 is 2.00 bits per heavy atom. The Morgan fingerprint density at radius 1 is 1.30 bits per heavy atom. The second-order valence-corrected chi connectivity index (χ2v) is 8.66. The van der Waals surface area contributed by atoms with Gasteiger partial charge in [-0.05, 0) is 18.2 Å². The molecule has 3 aromatic rings. The van der Waals surface area contributed by atoms with Crippen LogP contribution in [0.25, 0.3) is 22.0 Å². The van der Waals surface area contributed by atoms with Crippen LogP contribution in [0.5, 0.6) is 5.88 Å². The topological polar surface area (TPSA) is 90.3 Å². The van der Waals surface area contributed by atoms with Crippen molar-refractivity contribution in [1.29, 1.82) is 0 Å². The van der Waals surface area contributed by atoms with Gasteiger partial charge in [0.15, 0.2) is 6.61 Å². The molecule has 0 spiro atoms. The van der Waals surface area contributed by atoms with Crippen molar-refractivity contribution in [2.75, 3.05) is 12.9 Å². The van der Waals surface area contributed by atoms with Crippen LogP contribution in [0.2, 0.25) is 5.02 Å². The number of hydrogen-bond acceptors (Lipinski definition) is 5. The lowest BCUT2D eigenvalue weighted by atomic mass is 10.0. The van der Waals surface area contributed by atoms with Gasteiger partial charge in [-0.2, -0.15) is 13.2 Å². The maximum absolute atomic E-state index is 12.3. The van der Waals surface area contributed by atoms with E-state index in [1.807, 2.05) is 4.72 Å². The molecule has 0 radical (unpaired) electrons. The van der Waals surface area contributed by atoms with Gasteiger partial charge < -0.3 is 9.30 Å². The van der Waals surface area contributed by atoms with E-state index in [0.717, 1.165) is 6.26 Å². The number of rotatable bonds is 5. The van der Waals surface area contributed by atoms with Gasteiger partial charge in [-0.1, -0.05) is 17.7 Å². The van der Waals surface area contributed by atoms with E-state index in [1.165, 1.54) is 24.4 Å². The summed E-state index contributed by atoms with van der Waals surface area (Å²) >= 11 is 6.02. The van der Waals surface area contributed by atoms with Crippen molar-refractivity contribution in [3.63, 3.8) is 0 Å². The van der Waals surface area contributed by atoms with E-state index in [2.05, 4.69) is 9.72 Å². The van der Waals surface area contributed by atoms with Crippen molar-refractivity contribution < 1.29 is 31.1 Å². The first-order valence-electron chi connectivity index (χ1n) is 8.31. The molecule has 0 atom stereocenters. The molecule has 3 rings (SSSR count). The summed E-state index contributed by atoms with van der Waals surface area (Å²) in [6.45, 7) is -1.51. The average molecular weight is 462 g/mol. The number of nitrogens with zero attached hydrogens (tertiary/aromatic N) is 2. The summed E-state index contributed by atoms with van der Waals surface area (Å²) < 4.78 is 67.7. The highest BCUT2D eigenvalue weighted by atomic mass is 35.5. The van der Waals surface area contributed by atoms with Gasteiger partial charge in [0.1, 0.15) is 5.02 Å². The van der Waals surface area contributed by atoms with Crippen LogP contribution in [-0.2, 0) is 17.1 Å². The number of nitrogens with one attached hydrogen (secondary N) is 1. The number of aromatic nitrogens is 2. The number of alkyl halides is 3. The molecule has 12 heteroatoms. The molecule has 0 saturated heterocycles. The van der Waals surface area contributed by atoms with Gasteiger partial charge in [0.25, 0.3) is 5.91 Å². The first-order chi connectivity index (χ1) is 13.8. The van der Waals surface area contributed by atoms with Crippen molar-refractivity contribution in [3.8, 4) is 17.0 Å². The van der Waals surface area contributed by atoms with Crippen molar-refractivity contribution in [2.45, 2.75) is 6.18 Å². The smallest absolute Gasteiger partial charge is 0.422 e. The Morgan fingerprint density at radius 3 is 2.60 bits per heavy atom. The third kappa shape index (κ3) is 5.03. The van der Waals surface area contributed by atoms with Gasteiger partial charge in [0, 0.05) is 47.0 Å². The lowest BCUT2D eigenvalue weighted by Crippen LogP contribution is -2.29. The van der Waals surface area contributed by atoms with Crippen LogP contribution in [0, 0.1) is 0 Å². The average Bonchev–Trinajstić information content (AvgIpc) is 2.95. The summed E-state index contributed by atoms with van der Waals surface area (Å²) in [7, 11) is -1.98. The quantitative estimate of drug-likeness (QED) is 0.628. The monoisotopic (exact) mass is 461 g/mol. The second-order valence-electron chi connectivity index (χ2n) is 6.50. The third-order valence-corrected chi connectivity index (χ3v) is 4.85. The van der Waals surface area contributed by atoms with Gasteiger partial charge in [0.05, 0.1) is 6.26 Å². The Bertz CT molecular complexity index is 1240. The van der Waals surface area contributed by atoms with E-state index in [9.17, 15) is 26.4 Å². The van der Waals surface area contributed by atoms with Crippen molar-refractivity contribution in [3.05, 3.63) is 47.2 Å². The normalized spacial score (nSPS) is 12.2. The number of aryl methyl sites for hydroxylation is 1. The van der Waals surface area contributed by atoms with Crippen LogP contribution in [0.3, 0.4) is 0 Å². The lowest BCUT2D eigenvalue weighted by molar-refractivity contribution is -0.154. The number of carbonyl (C=O) groups excluding carboxylic acids is 1. The van der Waals surface area contributed by atoms with Crippen LogP contribution in [0.15, 0.2) is 36.7 Å². The number of ether oxygens (including phenoxy) is 1. The molecule has 30 heavy (non-hydrogen) atoms. The molecule has 0 fully saturated rings. The van der Waals surface area contributed by atoms with E-state index >= 15 is 0 Å². The van der Waals surface area contributed by atoms with E-state index in [-0.39, 0.29) is 16.5 Å². The highest BCUT2D eigenvalue weighted by Gasteiger charge is 2.29. The number of pyridine rings is 1. The SMILES string of the molecule is Cn1cc(-c2cnc(OCC(F)(F)F)c(Cl)c2)c2ccc(C(=O)NS(C)(=O)=O)cc21. The molecule has 0 aliphatic carbocycles. The maximum atomic E-state index is 12.3. The van der Waals surface area contributed by atoms with Crippen LogP contribution in [-0.4, -0.2) is 42.9 Å². The van der Waals surface area contributed by atoms with Gasteiger partial charge in [-0.15, -0.1) is 0 Å². The number of amides is 1. The highest BCUT2D eigenvalue weighted by Crippen LogP contribution is 2.34.